The molecule has 2 aromatic rings. The van der Waals surface area contributed by atoms with Gasteiger partial charge in [0.2, 0.25) is 0 Å². The lowest BCUT2D eigenvalue weighted by Gasteiger charge is -1.88. The van der Waals surface area contributed by atoms with Gasteiger partial charge in [0.25, 0.3) is 0 Å². The van der Waals surface area contributed by atoms with Crippen molar-refractivity contribution in [2.75, 3.05) is 0 Å². The maximum absolute atomic E-state index is 3.84. The molecule has 0 aromatic carbocycles. The Bertz CT molecular complexity index is 281. The Hall–Kier alpha value is -1.58. The molecule has 0 amide bonds. The lowest BCUT2D eigenvalue weighted by Crippen LogP contribution is -1.84. The minimum atomic E-state index is 0.769. The van der Waals surface area contributed by atoms with E-state index in [4.69, 9.17) is 0 Å². The van der Waals surface area contributed by atoms with E-state index < -0.39 is 0 Å². The average molecular weight is 131 g/mol. The average Bonchev–Trinajstić information content (AvgIpc) is 2.05. The molecule has 4 nitrogen and oxygen atoms in total. The molecular weight excluding hydrogens is 128 g/mol. The van der Waals surface area contributed by atoms with Crippen LogP contribution >= 0.6 is 0 Å². The first kappa shape index (κ1) is 5.22. The molecule has 0 N–H and O–H groups in total. The number of hydrogen-bond donors (Lipinski definition) is 0. The van der Waals surface area contributed by atoms with Gasteiger partial charge in [-0.2, -0.15) is 10.2 Å². The van der Waals surface area contributed by atoms with Crippen molar-refractivity contribution in [1.29, 1.82) is 0 Å². The van der Waals surface area contributed by atoms with Gasteiger partial charge in [-0.1, -0.05) is 0 Å². The molecule has 0 aliphatic carbocycles. The van der Waals surface area contributed by atoms with E-state index in [1.807, 2.05) is 0 Å². The predicted octanol–water partition coefficient (Wildman–Crippen LogP) is 0.220. The zero-order valence-electron chi connectivity index (χ0n) is 5.02. The van der Waals surface area contributed by atoms with Crippen molar-refractivity contribution in [3.63, 3.8) is 0 Å². The Labute approximate surface area is 57.0 Å². The number of hydrogen-bond acceptors (Lipinski definition) is 4. The summed E-state index contributed by atoms with van der Waals surface area (Å²) in [5, 5.41) is 8.20. The van der Waals surface area contributed by atoms with Crippen molar-refractivity contribution in [3.05, 3.63) is 24.9 Å². The molecule has 0 aliphatic heterocycles. The summed E-state index contributed by atoms with van der Waals surface area (Å²) >= 11 is 0. The van der Waals surface area contributed by atoms with Crippen LogP contribution in [0.25, 0.3) is 10.9 Å². The van der Waals surface area contributed by atoms with Gasteiger partial charge in [-0.15, -0.1) is 0 Å². The number of fused-ring (bicyclic) bond motifs is 1. The Morgan fingerprint density at radius 3 is 2.90 bits per heavy atom. The second kappa shape index (κ2) is 1.98. The first-order valence-corrected chi connectivity index (χ1v) is 2.76. The van der Waals surface area contributed by atoms with Gasteiger partial charge in [0.05, 0.1) is 17.9 Å². The molecule has 0 unspecified atom stereocenters. The van der Waals surface area contributed by atoms with Crippen LogP contribution in [-0.2, 0) is 0 Å². The summed E-state index contributed by atoms with van der Waals surface area (Å²) in [6.45, 7) is 0. The molecule has 2 heterocycles. The Morgan fingerprint density at radius 1 is 1.10 bits per heavy atom. The van der Waals surface area contributed by atoms with Gasteiger partial charge in [0, 0.05) is 11.6 Å². The van der Waals surface area contributed by atoms with Gasteiger partial charge in [-0.3, -0.25) is 0 Å². The highest BCUT2D eigenvalue weighted by atomic mass is 15.1. The lowest BCUT2D eigenvalue weighted by molar-refractivity contribution is 1.04. The van der Waals surface area contributed by atoms with Gasteiger partial charge >= 0.3 is 0 Å². The fourth-order valence-corrected chi connectivity index (χ4v) is 0.698. The van der Waals surface area contributed by atoms with Crippen molar-refractivity contribution < 1.29 is 0 Å². The molecule has 0 spiro atoms. The van der Waals surface area contributed by atoms with E-state index in [-0.39, 0.29) is 0 Å². The predicted molar refractivity (Wildman–Crippen MR) is 34.0 cm³/mol. The van der Waals surface area contributed by atoms with Crippen molar-refractivity contribution in [1.82, 2.24) is 20.2 Å². The monoisotopic (exact) mass is 131 g/mol. The molecule has 10 heavy (non-hydrogen) atoms. The number of aromatic nitrogens is 4. The van der Waals surface area contributed by atoms with Crippen LogP contribution in [0.1, 0.15) is 0 Å². The molecule has 1 radical (unpaired) electrons. The van der Waals surface area contributed by atoms with E-state index in [1.165, 1.54) is 0 Å². The van der Waals surface area contributed by atoms with Crippen LogP contribution in [0.5, 0.6) is 0 Å². The molecule has 0 saturated carbocycles. The Balaban J connectivity index is 2.89. The molecule has 0 atom stereocenters. The summed E-state index contributed by atoms with van der Waals surface area (Å²) in [4.78, 5) is 7.55. The van der Waals surface area contributed by atoms with E-state index in [0.717, 1.165) is 10.9 Å². The highest BCUT2D eigenvalue weighted by molar-refractivity contribution is 5.74. The summed E-state index contributed by atoms with van der Waals surface area (Å²) in [7, 11) is 0. The first-order chi connectivity index (χ1) is 4.97. The molecule has 4 heteroatoms. The zero-order valence-corrected chi connectivity index (χ0v) is 5.02. The quantitative estimate of drug-likeness (QED) is 0.513. The van der Waals surface area contributed by atoms with Gasteiger partial charge in [0.1, 0.15) is 0 Å². The van der Waals surface area contributed by atoms with E-state index in [2.05, 4.69) is 26.5 Å². The Morgan fingerprint density at radius 2 is 2.00 bits per heavy atom. The lowest BCUT2D eigenvalue weighted by atomic mass is 10.4. The third kappa shape index (κ3) is 0.699. The van der Waals surface area contributed by atoms with E-state index >= 15 is 0 Å². The molecule has 0 saturated heterocycles. The minimum absolute atomic E-state index is 0.769. The normalized spacial score (nSPS) is 10.0. The van der Waals surface area contributed by atoms with E-state index in [1.54, 1.807) is 18.6 Å². The van der Waals surface area contributed by atoms with Crippen LogP contribution in [0.3, 0.4) is 0 Å². The van der Waals surface area contributed by atoms with Crippen LogP contribution in [0.4, 0.5) is 0 Å². The van der Waals surface area contributed by atoms with Gasteiger partial charge in [-0.05, 0) is 0 Å². The zero-order chi connectivity index (χ0) is 6.81. The minimum Gasteiger partial charge on any atom is -0.233 e. The molecule has 0 fully saturated rings. The third-order valence-corrected chi connectivity index (χ3v) is 1.17. The summed E-state index contributed by atoms with van der Waals surface area (Å²) < 4.78 is 0. The highest BCUT2D eigenvalue weighted by Crippen LogP contribution is 2.02. The molecule has 2 aromatic heterocycles. The number of nitrogens with zero attached hydrogens (tertiary/aromatic N) is 4. The molecule has 0 aliphatic rings. The summed E-state index contributed by atoms with van der Waals surface area (Å²) in [5.41, 5.74) is 0.769. The molecule has 47 valence electrons. The van der Waals surface area contributed by atoms with Crippen LogP contribution < -0.4 is 0 Å². The summed E-state index contributed by atoms with van der Waals surface area (Å²) in [6.07, 6.45) is 7.31. The van der Waals surface area contributed by atoms with Crippen LogP contribution in [0, 0.1) is 6.33 Å². The van der Waals surface area contributed by atoms with Crippen molar-refractivity contribution >= 4 is 10.9 Å². The van der Waals surface area contributed by atoms with Crippen LogP contribution in [0.2, 0.25) is 0 Å². The summed E-state index contributed by atoms with van der Waals surface area (Å²) in [6, 6.07) is 0. The van der Waals surface area contributed by atoms with Crippen molar-refractivity contribution in [3.8, 4) is 0 Å². The fourth-order valence-electron chi connectivity index (χ4n) is 0.698. The van der Waals surface area contributed by atoms with Crippen LogP contribution in [-0.4, -0.2) is 20.2 Å². The largest absolute Gasteiger partial charge is 0.233 e. The number of rotatable bonds is 0. The topological polar surface area (TPSA) is 51.6 Å². The fraction of sp³-hybridized carbons (Fsp3) is 0. The second-order valence-corrected chi connectivity index (χ2v) is 1.80. The van der Waals surface area contributed by atoms with Gasteiger partial charge in [0.15, 0.2) is 6.33 Å². The van der Waals surface area contributed by atoms with E-state index in [9.17, 15) is 0 Å². The molecule has 2 rings (SSSR count). The Kier molecular flexibility index (Phi) is 1.04. The van der Waals surface area contributed by atoms with Crippen molar-refractivity contribution in [2.24, 2.45) is 0 Å². The smallest absolute Gasteiger partial charge is 0.198 e. The van der Waals surface area contributed by atoms with Crippen LogP contribution in [0.15, 0.2) is 18.6 Å². The SMILES string of the molecule is [c]1ncc2cnncc2n1. The van der Waals surface area contributed by atoms with E-state index in [0.29, 0.717) is 0 Å². The second-order valence-electron chi connectivity index (χ2n) is 1.80. The van der Waals surface area contributed by atoms with Crippen molar-refractivity contribution in [2.45, 2.75) is 0 Å². The maximum atomic E-state index is 3.84. The molecular formula is C6H3N4. The van der Waals surface area contributed by atoms with Gasteiger partial charge < -0.3 is 0 Å². The highest BCUT2D eigenvalue weighted by Gasteiger charge is 1.90. The standard InChI is InChI=1S/C6H3N4/c1-5-2-9-10-3-6(5)8-4-7-1/h1-3H. The molecule has 0 bridgehead atoms. The summed E-state index contributed by atoms with van der Waals surface area (Å²) in [5.74, 6) is 0. The third-order valence-electron chi connectivity index (χ3n) is 1.17. The van der Waals surface area contributed by atoms with Gasteiger partial charge in [-0.25, -0.2) is 9.97 Å². The maximum Gasteiger partial charge on any atom is 0.198 e. The first-order valence-electron chi connectivity index (χ1n) is 2.76.